The fourth-order valence-corrected chi connectivity index (χ4v) is 1.04. The summed E-state index contributed by atoms with van der Waals surface area (Å²) in [4.78, 5) is 12.0. The maximum atomic E-state index is 5.61. The molecule has 0 fully saturated rings. The van der Waals surface area contributed by atoms with E-state index in [9.17, 15) is 0 Å². The highest BCUT2D eigenvalue weighted by Crippen LogP contribution is 2.08. The van der Waals surface area contributed by atoms with Crippen molar-refractivity contribution in [3.05, 3.63) is 30.6 Å². The maximum Gasteiger partial charge on any atom is 0.204 e. The number of hydrogen-bond acceptors (Lipinski definition) is 4. The van der Waals surface area contributed by atoms with Crippen LogP contribution in [0.4, 0.5) is 5.95 Å². The minimum Gasteiger partial charge on any atom is -0.369 e. The lowest BCUT2D eigenvalue weighted by Gasteiger charge is -2.02. The number of aryl methyl sites for hydroxylation is 1. The smallest absolute Gasteiger partial charge is 0.204 e. The van der Waals surface area contributed by atoms with Crippen molar-refractivity contribution in [2.24, 2.45) is 0 Å². The minimum atomic E-state index is 0.437. The molecule has 0 radical (unpaired) electrons. The number of nitrogens with zero attached hydrogens (tertiary/aromatic N) is 4. The molecule has 0 saturated heterocycles. The van der Waals surface area contributed by atoms with E-state index in [0.29, 0.717) is 5.95 Å². The lowest BCUT2D eigenvalue weighted by atomic mass is 10.5. The summed E-state index contributed by atoms with van der Waals surface area (Å²) in [6, 6.07) is 0. The summed E-state index contributed by atoms with van der Waals surface area (Å²) in [5.41, 5.74) is 6.43. The molecule has 0 aromatic carbocycles. The van der Waals surface area contributed by atoms with Gasteiger partial charge in [-0.1, -0.05) is 0 Å². The number of aromatic nitrogens is 4. The van der Waals surface area contributed by atoms with Crippen LogP contribution in [0.25, 0.3) is 5.69 Å². The molecule has 2 rings (SSSR count). The zero-order valence-corrected chi connectivity index (χ0v) is 7.18. The molecule has 2 aromatic heterocycles. The molecule has 2 N–H and O–H groups in total. The Labute approximate surface area is 75.3 Å². The first-order chi connectivity index (χ1) is 6.27. The third-order valence-electron chi connectivity index (χ3n) is 1.71. The summed E-state index contributed by atoms with van der Waals surface area (Å²) < 4.78 is 1.72. The Morgan fingerprint density at radius 1 is 1.23 bits per heavy atom. The van der Waals surface area contributed by atoms with Crippen LogP contribution in [-0.4, -0.2) is 19.5 Å². The first kappa shape index (κ1) is 7.72. The van der Waals surface area contributed by atoms with E-state index in [1.165, 1.54) is 0 Å². The number of imidazole rings is 1. The lowest BCUT2D eigenvalue weighted by Crippen LogP contribution is -2.01. The van der Waals surface area contributed by atoms with Crippen LogP contribution in [0.3, 0.4) is 0 Å². The Morgan fingerprint density at radius 2 is 1.92 bits per heavy atom. The van der Waals surface area contributed by atoms with Crippen molar-refractivity contribution in [1.82, 2.24) is 19.5 Å². The van der Waals surface area contributed by atoms with E-state index in [4.69, 9.17) is 5.73 Å². The van der Waals surface area contributed by atoms with Gasteiger partial charge in [0.15, 0.2) is 0 Å². The molecule has 0 aliphatic rings. The third-order valence-corrected chi connectivity index (χ3v) is 1.71. The van der Waals surface area contributed by atoms with Gasteiger partial charge in [-0.15, -0.1) is 0 Å². The molecule has 5 nitrogen and oxygen atoms in total. The molecular weight excluding hydrogens is 166 g/mol. The zero-order chi connectivity index (χ0) is 9.26. The van der Waals surface area contributed by atoms with Crippen LogP contribution in [0.2, 0.25) is 0 Å². The monoisotopic (exact) mass is 175 g/mol. The summed E-state index contributed by atoms with van der Waals surface area (Å²) in [5, 5.41) is 0. The molecule has 0 spiro atoms. The Balaban J connectivity index is 2.47. The quantitative estimate of drug-likeness (QED) is 0.687. The first-order valence-electron chi connectivity index (χ1n) is 3.85. The summed E-state index contributed by atoms with van der Waals surface area (Å²) in [7, 11) is 0. The van der Waals surface area contributed by atoms with Crippen molar-refractivity contribution in [3.63, 3.8) is 0 Å². The molecule has 66 valence electrons. The van der Waals surface area contributed by atoms with Gasteiger partial charge in [0, 0.05) is 12.4 Å². The topological polar surface area (TPSA) is 69.6 Å². The molecule has 2 aromatic rings. The molecule has 13 heavy (non-hydrogen) atoms. The van der Waals surface area contributed by atoms with Crippen LogP contribution in [0.5, 0.6) is 0 Å². The molecular formula is C8H9N5. The van der Waals surface area contributed by atoms with Crippen LogP contribution in [0.15, 0.2) is 24.8 Å². The van der Waals surface area contributed by atoms with E-state index < -0.39 is 0 Å². The molecule has 0 aliphatic carbocycles. The van der Waals surface area contributed by atoms with E-state index in [1.807, 2.05) is 6.92 Å². The first-order valence-corrected chi connectivity index (χ1v) is 3.85. The predicted octanol–water partition coefficient (Wildman–Crippen LogP) is 0.553. The molecule has 0 bridgehead atoms. The summed E-state index contributed by atoms with van der Waals surface area (Å²) >= 11 is 0. The third kappa shape index (κ3) is 1.35. The second-order valence-electron chi connectivity index (χ2n) is 2.64. The highest BCUT2D eigenvalue weighted by Gasteiger charge is 2.00. The van der Waals surface area contributed by atoms with E-state index >= 15 is 0 Å². The van der Waals surface area contributed by atoms with Gasteiger partial charge in [-0.3, -0.25) is 4.57 Å². The fourth-order valence-electron chi connectivity index (χ4n) is 1.04. The van der Waals surface area contributed by atoms with Gasteiger partial charge in [0.05, 0.1) is 18.1 Å². The average Bonchev–Trinajstić information content (AvgIpc) is 2.53. The Morgan fingerprint density at radius 3 is 2.46 bits per heavy atom. The average molecular weight is 175 g/mol. The van der Waals surface area contributed by atoms with Crippen molar-refractivity contribution in [1.29, 1.82) is 0 Å². The number of hydrogen-bond donors (Lipinski definition) is 1. The zero-order valence-electron chi connectivity index (χ0n) is 7.18. The van der Waals surface area contributed by atoms with Crippen LogP contribution in [0, 0.1) is 6.92 Å². The number of nitrogens with two attached hydrogens (primary N) is 1. The van der Waals surface area contributed by atoms with Crippen molar-refractivity contribution >= 4 is 5.95 Å². The number of anilines is 1. The van der Waals surface area contributed by atoms with E-state index in [0.717, 1.165) is 11.5 Å². The van der Waals surface area contributed by atoms with Crippen LogP contribution in [-0.2, 0) is 0 Å². The van der Waals surface area contributed by atoms with Gasteiger partial charge in [-0.2, -0.15) is 0 Å². The van der Waals surface area contributed by atoms with Gasteiger partial charge in [-0.05, 0) is 6.92 Å². The SMILES string of the molecule is Cc1ncc(-n2ccnc2N)cn1. The van der Waals surface area contributed by atoms with Crippen molar-refractivity contribution in [2.45, 2.75) is 6.92 Å². The highest BCUT2D eigenvalue weighted by atomic mass is 15.1. The van der Waals surface area contributed by atoms with Gasteiger partial charge in [0.1, 0.15) is 5.82 Å². The molecule has 0 amide bonds. The predicted molar refractivity (Wildman–Crippen MR) is 48.3 cm³/mol. The maximum absolute atomic E-state index is 5.61. The molecule has 0 saturated carbocycles. The largest absolute Gasteiger partial charge is 0.369 e. The van der Waals surface area contributed by atoms with Gasteiger partial charge >= 0.3 is 0 Å². The summed E-state index contributed by atoms with van der Waals surface area (Å²) in [6.45, 7) is 1.83. The van der Waals surface area contributed by atoms with Crippen molar-refractivity contribution in [2.75, 3.05) is 5.73 Å². The standard InChI is InChI=1S/C8H9N5/c1-6-11-4-7(5-12-6)13-3-2-10-8(13)9/h2-5H,1H3,(H2,9,10). The van der Waals surface area contributed by atoms with Gasteiger partial charge in [0.2, 0.25) is 5.95 Å². The van der Waals surface area contributed by atoms with E-state index in [-0.39, 0.29) is 0 Å². The second kappa shape index (κ2) is 2.85. The van der Waals surface area contributed by atoms with Crippen LogP contribution < -0.4 is 5.73 Å². The van der Waals surface area contributed by atoms with Gasteiger partial charge in [0.25, 0.3) is 0 Å². The van der Waals surface area contributed by atoms with E-state index in [2.05, 4.69) is 15.0 Å². The number of nitrogen functional groups attached to an aromatic ring is 1. The molecule has 0 atom stereocenters. The van der Waals surface area contributed by atoms with Crippen molar-refractivity contribution < 1.29 is 0 Å². The van der Waals surface area contributed by atoms with E-state index in [1.54, 1.807) is 29.4 Å². The fraction of sp³-hybridized carbons (Fsp3) is 0.125. The van der Waals surface area contributed by atoms with Crippen LogP contribution in [0.1, 0.15) is 5.82 Å². The normalized spacial score (nSPS) is 10.2. The summed E-state index contributed by atoms with van der Waals surface area (Å²) in [6.07, 6.45) is 6.82. The lowest BCUT2D eigenvalue weighted by molar-refractivity contribution is 0.981. The molecule has 0 unspecified atom stereocenters. The van der Waals surface area contributed by atoms with Crippen molar-refractivity contribution in [3.8, 4) is 5.69 Å². The second-order valence-corrected chi connectivity index (χ2v) is 2.64. The van der Waals surface area contributed by atoms with Gasteiger partial charge in [-0.25, -0.2) is 15.0 Å². The Kier molecular flexibility index (Phi) is 1.70. The van der Waals surface area contributed by atoms with Gasteiger partial charge < -0.3 is 5.73 Å². The Bertz CT molecular complexity index is 403. The molecule has 0 aliphatic heterocycles. The minimum absolute atomic E-state index is 0.437. The molecule has 2 heterocycles. The highest BCUT2D eigenvalue weighted by molar-refractivity contribution is 5.35. The number of rotatable bonds is 1. The molecule has 5 heteroatoms. The summed E-state index contributed by atoms with van der Waals surface area (Å²) in [5.74, 6) is 1.18. The van der Waals surface area contributed by atoms with Crippen LogP contribution >= 0.6 is 0 Å². The Hall–Kier alpha value is -1.91.